The molecule has 22 heavy (non-hydrogen) atoms. The Balaban J connectivity index is 2.21. The number of benzene rings is 1. The molecule has 8 heteroatoms. The van der Waals surface area contributed by atoms with Gasteiger partial charge in [0.15, 0.2) is 0 Å². The van der Waals surface area contributed by atoms with E-state index in [1.807, 2.05) is 0 Å². The molecule has 0 saturated heterocycles. The zero-order valence-electron chi connectivity index (χ0n) is 11.8. The van der Waals surface area contributed by atoms with E-state index in [9.17, 15) is 20.1 Å². The fourth-order valence-corrected chi connectivity index (χ4v) is 2.27. The highest BCUT2D eigenvalue weighted by molar-refractivity contribution is 6.40. The van der Waals surface area contributed by atoms with E-state index in [0.717, 1.165) is 0 Å². The van der Waals surface area contributed by atoms with Crippen molar-refractivity contribution in [2.75, 3.05) is 24.6 Å². The van der Waals surface area contributed by atoms with E-state index in [-0.39, 0.29) is 18.8 Å². The molecule has 3 atom stereocenters. The number of para-hydroxylation sites is 2. The molecule has 1 heterocycles. The number of amides is 1. The Morgan fingerprint density at radius 1 is 1.27 bits per heavy atom. The van der Waals surface area contributed by atoms with Gasteiger partial charge in [-0.05, 0) is 12.1 Å². The van der Waals surface area contributed by atoms with Gasteiger partial charge < -0.3 is 31.1 Å². The lowest BCUT2D eigenvalue weighted by atomic mass is 10.1. The Hall–Kier alpha value is -2.00. The minimum Gasteiger partial charge on any atom is -0.394 e. The quantitative estimate of drug-likeness (QED) is 0.417. The number of hydrogen-bond acceptors (Lipinski definition) is 7. The number of carbonyl (C=O) groups excluding carboxylic acids is 1. The second-order valence-corrected chi connectivity index (χ2v) is 5.10. The Bertz CT molecular complexity index is 577. The van der Waals surface area contributed by atoms with Crippen molar-refractivity contribution in [1.82, 2.24) is 0 Å². The molecule has 120 valence electrons. The van der Waals surface area contributed by atoms with Crippen LogP contribution in [0.4, 0.5) is 11.4 Å². The molecule has 1 aromatic carbocycles. The van der Waals surface area contributed by atoms with Crippen molar-refractivity contribution in [3.05, 3.63) is 24.3 Å². The summed E-state index contributed by atoms with van der Waals surface area (Å²) < 4.78 is 0. The number of primary amides is 1. The summed E-state index contributed by atoms with van der Waals surface area (Å²) in [6.45, 7) is -0.629. The van der Waals surface area contributed by atoms with Gasteiger partial charge >= 0.3 is 0 Å². The molecule has 0 aromatic heterocycles. The van der Waals surface area contributed by atoms with E-state index >= 15 is 0 Å². The predicted octanol–water partition coefficient (Wildman–Crippen LogP) is -1.86. The minimum atomic E-state index is -1.51. The third-order valence-corrected chi connectivity index (χ3v) is 3.49. The van der Waals surface area contributed by atoms with Crippen molar-refractivity contribution in [3.63, 3.8) is 0 Å². The van der Waals surface area contributed by atoms with Gasteiger partial charge in [-0.15, -0.1) is 0 Å². The fraction of sp³-hybridized carbons (Fsp3) is 0.429. The number of carbonyl (C=O) groups is 1. The molecule has 0 aliphatic carbocycles. The van der Waals surface area contributed by atoms with Crippen LogP contribution in [0.2, 0.25) is 0 Å². The SMILES string of the molecule is NC(=O)C1=Nc2ccccc2N(C[C@H](O)[C@H](O)[C@H](O)CO)C1. The van der Waals surface area contributed by atoms with E-state index in [4.69, 9.17) is 10.8 Å². The monoisotopic (exact) mass is 309 g/mol. The van der Waals surface area contributed by atoms with Crippen molar-refractivity contribution >= 4 is 23.0 Å². The number of hydrogen-bond donors (Lipinski definition) is 5. The number of nitrogens with two attached hydrogens (primary N) is 1. The maximum Gasteiger partial charge on any atom is 0.264 e. The second kappa shape index (κ2) is 6.84. The lowest BCUT2D eigenvalue weighted by Gasteiger charge is -2.33. The van der Waals surface area contributed by atoms with E-state index in [0.29, 0.717) is 11.4 Å². The van der Waals surface area contributed by atoms with Gasteiger partial charge in [0.1, 0.15) is 17.9 Å². The molecule has 0 spiro atoms. The number of aliphatic imine (C=N–C) groups is 1. The van der Waals surface area contributed by atoms with Crippen molar-refractivity contribution in [2.24, 2.45) is 10.7 Å². The van der Waals surface area contributed by atoms with Gasteiger partial charge in [-0.25, -0.2) is 4.99 Å². The zero-order valence-corrected chi connectivity index (χ0v) is 11.8. The molecule has 6 N–H and O–H groups in total. The number of rotatable bonds is 6. The molecule has 0 bridgehead atoms. The maximum absolute atomic E-state index is 11.4. The summed E-state index contributed by atoms with van der Waals surface area (Å²) in [7, 11) is 0. The Morgan fingerprint density at radius 2 is 1.95 bits per heavy atom. The van der Waals surface area contributed by atoms with Gasteiger partial charge in [0.05, 0.1) is 30.6 Å². The minimum absolute atomic E-state index is 0.0540. The highest BCUT2D eigenvalue weighted by Crippen LogP contribution is 2.32. The molecule has 0 fully saturated rings. The largest absolute Gasteiger partial charge is 0.394 e. The Kier molecular flexibility index (Phi) is 5.09. The van der Waals surface area contributed by atoms with Crippen LogP contribution >= 0.6 is 0 Å². The van der Waals surface area contributed by atoms with Crippen LogP contribution in [-0.4, -0.2) is 70.1 Å². The summed E-state index contributed by atoms with van der Waals surface area (Å²) in [5, 5.41) is 37.9. The number of β-amino-alcohol motifs (C(OH)–C–C–N with tert-alkyl or cyclic N) is 1. The summed E-state index contributed by atoms with van der Waals surface area (Å²) in [5.74, 6) is -0.662. The third-order valence-electron chi connectivity index (χ3n) is 3.49. The van der Waals surface area contributed by atoms with Gasteiger partial charge in [-0.3, -0.25) is 4.79 Å². The molecule has 1 amide bonds. The van der Waals surface area contributed by atoms with Crippen molar-refractivity contribution in [1.29, 1.82) is 0 Å². The average molecular weight is 309 g/mol. The molecule has 0 radical (unpaired) electrons. The normalized spacial score (nSPS) is 18.2. The Morgan fingerprint density at radius 3 is 2.59 bits per heavy atom. The number of aliphatic hydroxyl groups excluding tert-OH is 4. The first-order valence-corrected chi connectivity index (χ1v) is 6.80. The molecule has 1 aliphatic rings. The first-order valence-electron chi connectivity index (χ1n) is 6.80. The van der Waals surface area contributed by atoms with Crippen molar-refractivity contribution < 1.29 is 25.2 Å². The smallest absolute Gasteiger partial charge is 0.264 e. The van der Waals surface area contributed by atoms with Crippen molar-refractivity contribution in [2.45, 2.75) is 18.3 Å². The molecule has 1 aliphatic heterocycles. The topological polar surface area (TPSA) is 140 Å². The fourth-order valence-electron chi connectivity index (χ4n) is 2.27. The molecular weight excluding hydrogens is 290 g/mol. The first kappa shape index (κ1) is 16.4. The van der Waals surface area contributed by atoms with Gasteiger partial charge in [-0.2, -0.15) is 0 Å². The van der Waals surface area contributed by atoms with Crippen LogP contribution in [0.5, 0.6) is 0 Å². The van der Waals surface area contributed by atoms with Crippen LogP contribution < -0.4 is 10.6 Å². The van der Waals surface area contributed by atoms with E-state index < -0.39 is 30.8 Å². The van der Waals surface area contributed by atoms with Crippen LogP contribution in [0.15, 0.2) is 29.3 Å². The summed E-state index contributed by atoms with van der Waals surface area (Å²) in [6, 6.07) is 7.00. The average Bonchev–Trinajstić information content (AvgIpc) is 2.52. The lowest BCUT2D eigenvalue weighted by Crippen LogP contribution is -2.48. The van der Waals surface area contributed by atoms with E-state index in [2.05, 4.69) is 4.99 Å². The van der Waals surface area contributed by atoms with Crippen LogP contribution in [0.3, 0.4) is 0 Å². The molecular formula is C14H19N3O5. The zero-order chi connectivity index (χ0) is 16.3. The van der Waals surface area contributed by atoms with Crippen LogP contribution in [0, 0.1) is 0 Å². The van der Waals surface area contributed by atoms with Gasteiger partial charge in [0.2, 0.25) is 0 Å². The van der Waals surface area contributed by atoms with E-state index in [1.54, 1.807) is 29.2 Å². The van der Waals surface area contributed by atoms with Crippen molar-refractivity contribution in [3.8, 4) is 0 Å². The number of nitrogens with zero attached hydrogens (tertiary/aromatic N) is 2. The predicted molar refractivity (Wildman–Crippen MR) is 80.1 cm³/mol. The lowest BCUT2D eigenvalue weighted by molar-refractivity contribution is -0.112. The van der Waals surface area contributed by atoms with Crippen LogP contribution in [-0.2, 0) is 4.79 Å². The highest BCUT2D eigenvalue weighted by Gasteiger charge is 2.29. The summed E-state index contributed by atoms with van der Waals surface area (Å²) >= 11 is 0. The number of fused-ring (bicyclic) bond motifs is 1. The van der Waals surface area contributed by atoms with Gasteiger partial charge in [0, 0.05) is 6.54 Å². The molecule has 0 saturated carbocycles. The van der Waals surface area contributed by atoms with Crippen LogP contribution in [0.25, 0.3) is 0 Å². The summed E-state index contributed by atoms with van der Waals surface area (Å²) in [6.07, 6.45) is -4.27. The summed E-state index contributed by atoms with van der Waals surface area (Å²) in [4.78, 5) is 17.2. The van der Waals surface area contributed by atoms with Gasteiger partial charge in [-0.1, -0.05) is 12.1 Å². The second-order valence-electron chi connectivity index (χ2n) is 5.10. The molecule has 1 aromatic rings. The third kappa shape index (κ3) is 3.42. The van der Waals surface area contributed by atoms with Crippen LogP contribution in [0.1, 0.15) is 0 Å². The van der Waals surface area contributed by atoms with Gasteiger partial charge in [0.25, 0.3) is 5.91 Å². The highest BCUT2D eigenvalue weighted by atomic mass is 16.4. The molecule has 8 nitrogen and oxygen atoms in total. The maximum atomic E-state index is 11.4. The molecule has 0 unspecified atom stereocenters. The number of aliphatic hydroxyl groups is 4. The molecule has 2 rings (SSSR count). The standard InChI is InChI=1S/C14H19N3O5/c15-14(22)9-5-17(6-11(19)13(21)12(20)7-18)10-4-2-1-3-8(10)16-9/h1-4,11-13,18-21H,5-7H2,(H2,15,22)/t11-,12+,13-/m0/s1. The summed E-state index contributed by atoms with van der Waals surface area (Å²) in [5.41, 5.74) is 6.62. The number of anilines is 1. The first-order chi connectivity index (χ1) is 10.4. The Labute approximate surface area is 127 Å². The van der Waals surface area contributed by atoms with E-state index in [1.165, 1.54) is 0 Å².